The van der Waals surface area contributed by atoms with E-state index in [2.05, 4.69) is 10.6 Å². The average molecular weight is 299 g/mol. The van der Waals surface area contributed by atoms with Gasteiger partial charge in [0.25, 0.3) is 5.91 Å². The first-order valence-corrected chi connectivity index (χ1v) is 5.43. The van der Waals surface area contributed by atoms with Crippen LogP contribution >= 0.6 is 24.0 Å². The molecule has 0 saturated carbocycles. The summed E-state index contributed by atoms with van der Waals surface area (Å²) in [6, 6.07) is 1.61. The second-order valence-corrected chi connectivity index (χ2v) is 4.05. The Hall–Kier alpha value is -0.910. The normalized spacial score (nSPS) is 11.6. The van der Waals surface area contributed by atoms with Gasteiger partial charge in [0.15, 0.2) is 0 Å². The summed E-state index contributed by atoms with van der Waals surface area (Å²) in [5, 5.41) is 5.04. The Morgan fingerprint density at radius 3 is 2.56 bits per heavy atom. The lowest BCUT2D eigenvalue weighted by Gasteiger charge is -2.11. The molecule has 7 heteroatoms. The zero-order valence-electron chi connectivity index (χ0n) is 9.89. The van der Waals surface area contributed by atoms with Gasteiger partial charge in [-0.05, 0) is 26.1 Å². The Balaban J connectivity index is 0.00000289. The summed E-state index contributed by atoms with van der Waals surface area (Å²) in [6.45, 7) is 2.16. The van der Waals surface area contributed by atoms with Gasteiger partial charge in [0, 0.05) is 12.6 Å². The van der Waals surface area contributed by atoms with Crippen LogP contribution in [0.4, 0.5) is 8.78 Å². The predicted molar refractivity (Wildman–Crippen MR) is 69.5 cm³/mol. The zero-order valence-corrected chi connectivity index (χ0v) is 11.5. The highest BCUT2D eigenvalue weighted by Crippen LogP contribution is 2.19. The maximum Gasteiger partial charge on any atom is 0.254 e. The highest BCUT2D eigenvalue weighted by atomic mass is 35.5. The minimum absolute atomic E-state index is 0. The molecule has 1 atom stereocenters. The molecule has 0 heterocycles. The number of hydrogen-bond donors (Lipinski definition) is 2. The predicted octanol–water partition coefficient (Wildman–Crippen LogP) is 2.38. The quantitative estimate of drug-likeness (QED) is 0.838. The third-order valence-electron chi connectivity index (χ3n) is 2.32. The fourth-order valence-electron chi connectivity index (χ4n) is 1.14. The van der Waals surface area contributed by atoms with Crippen molar-refractivity contribution in [1.29, 1.82) is 0 Å². The molecule has 0 fully saturated rings. The van der Waals surface area contributed by atoms with Crippen LogP contribution < -0.4 is 10.6 Å². The first-order chi connectivity index (χ1) is 7.95. The summed E-state index contributed by atoms with van der Waals surface area (Å²) >= 11 is 5.38. The summed E-state index contributed by atoms with van der Waals surface area (Å²) in [5.74, 6) is -2.33. The van der Waals surface area contributed by atoms with Gasteiger partial charge in [-0.15, -0.1) is 12.4 Å². The summed E-state index contributed by atoms with van der Waals surface area (Å²) in [5.41, 5.74) is -0.352. The Morgan fingerprint density at radius 1 is 1.39 bits per heavy atom. The van der Waals surface area contributed by atoms with E-state index in [1.807, 2.05) is 6.92 Å². The molecule has 3 nitrogen and oxygen atoms in total. The third kappa shape index (κ3) is 4.40. The topological polar surface area (TPSA) is 41.1 Å². The Morgan fingerprint density at radius 2 is 2.00 bits per heavy atom. The molecule has 1 amide bonds. The highest BCUT2D eigenvalue weighted by Gasteiger charge is 2.15. The number of halogens is 4. The van der Waals surface area contributed by atoms with Crippen molar-refractivity contribution in [2.45, 2.75) is 13.0 Å². The fraction of sp³-hybridized carbons (Fsp3) is 0.364. The summed E-state index contributed by atoms with van der Waals surface area (Å²) in [6.07, 6.45) is 0. The van der Waals surface area contributed by atoms with Crippen LogP contribution in [0, 0.1) is 11.6 Å². The van der Waals surface area contributed by atoms with Gasteiger partial charge in [-0.2, -0.15) is 0 Å². The molecule has 0 spiro atoms. The molecule has 0 saturated heterocycles. The summed E-state index contributed by atoms with van der Waals surface area (Å²) in [7, 11) is 1.74. The third-order valence-corrected chi connectivity index (χ3v) is 2.61. The second kappa shape index (κ2) is 7.51. The van der Waals surface area contributed by atoms with E-state index in [0.717, 1.165) is 12.1 Å². The van der Waals surface area contributed by atoms with Crippen molar-refractivity contribution in [1.82, 2.24) is 10.6 Å². The van der Waals surface area contributed by atoms with Crippen molar-refractivity contribution < 1.29 is 13.6 Å². The Bertz CT molecular complexity index is 430. The molecule has 0 aliphatic rings. The minimum atomic E-state index is -0.842. The van der Waals surface area contributed by atoms with Gasteiger partial charge >= 0.3 is 0 Å². The van der Waals surface area contributed by atoms with E-state index in [-0.39, 0.29) is 29.0 Å². The van der Waals surface area contributed by atoms with Gasteiger partial charge in [-0.3, -0.25) is 4.79 Å². The SMILES string of the molecule is CNC(C)CNC(=O)c1cc(F)c(Cl)cc1F.Cl. The van der Waals surface area contributed by atoms with Crippen LogP contribution in [0.1, 0.15) is 17.3 Å². The van der Waals surface area contributed by atoms with Crippen LogP contribution in [0.2, 0.25) is 5.02 Å². The van der Waals surface area contributed by atoms with E-state index in [1.54, 1.807) is 7.05 Å². The molecule has 102 valence electrons. The molecule has 0 aliphatic carbocycles. The molecular formula is C11H14Cl2F2N2O. The molecule has 2 N–H and O–H groups in total. The minimum Gasteiger partial charge on any atom is -0.350 e. The summed E-state index contributed by atoms with van der Waals surface area (Å²) < 4.78 is 26.5. The molecule has 1 aromatic rings. The van der Waals surface area contributed by atoms with Crippen LogP contribution in [0.25, 0.3) is 0 Å². The van der Waals surface area contributed by atoms with E-state index < -0.39 is 17.5 Å². The van der Waals surface area contributed by atoms with Crippen LogP contribution in [0.15, 0.2) is 12.1 Å². The van der Waals surface area contributed by atoms with Crippen molar-refractivity contribution >= 4 is 29.9 Å². The monoisotopic (exact) mass is 298 g/mol. The molecule has 1 aromatic carbocycles. The van der Waals surface area contributed by atoms with Gasteiger partial charge in [-0.1, -0.05) is 11.6 Å². The van der Waals surface area contributed by atoms with Gasteiger partial charge in [0.05, 0.1) is 10.6 Å². The number of nitrogens with one attached hydrogen (secondary N) is 2. The number of hydrogen-bond acceptors (Lipinski definition) is 2. The lowest BCUT2D eigenvalue weighted by Crippen LogP contribution is -2.37. The largest absolute Gasteiger partial charge is 0.350 e. The smallest absolute Gasteiger partial charge is 0.254 e. The average Bonchev–Trinajstić information content (AvgIpc) is 2.30. The van der Waals surface area contributed by atoms with Crippen molar-refractivity contribution in [3.63, 3.8) is 0 Å². The lowest BCUT2D eigenvalue weighted by molar-refractivity contribution is 0.0946. The molecule has 0 aliphatic heterocycles. The van der Waals surface area contributed by atoms with E-state index >= 15 is 0 Å². The van der Waals surface area contributed by atoms with Crippen molar-refractivity contribution in [2.24, 2.45) is 0 Å². The van der Waals surface area contributed by atoms with Gasteiger partial charge < -0.3 is 10.6 Å². The standard InChI is InChI=1S/C11H13ClF2N2O.ClH/c1-6(15-2)5-16-11(17)7-3-10(14)8(12)4-9(7)13;/h3-4,6,15H,5H2,1-2H3,(H,16,17);1H. The maximum atomic E-state index is 13.4. The molecule has 0 aromatic heterocycles. The number of benzene rings is 1. The molecular weight excluding hydrogens is 285 g/mol. The first-order valence-electron chi connectivity index (χ1n) is 5.05. The molecule has 1 rings (SSSR count). The number of carbonyl (C=O) groups is 1. The Kier molecular flexibility index (Phi) is 7.13. The highest BCUT2D eigenvalue weighted by molar-refractivity contribution is 6.30. The van der Waals surface area contributed by atoms with Crippen molar-refractivity contribution in [3.05, 3.63) is 34.4 Å². The number of carbonyl (C=O) groups excluding carboxylic acids is 1. The second-order valence-electron chi connectivity index (χ2n) is 3.65. The van der Waals surface area contributed by atoms with E-state index in [1.165, 1.54) is 0 Å². The lowest BCUT2D eigenvalue weighted by atomic mass is 10.2. The van der Waals surface area contributed by atoms with Crippen molar-refractivity contribution in [2.75, 3.05) is 13.6 Å². The van der Waals surface area contributed by atoms with E-state index in [9.17, 15) is 13.6 Å². The molecule has 0 radical (unpaired) electrons. The molecule has 1 unspecified atom stereocenters. The molecule has 18 heavy (non-hydrogen) atoms. The maximum absolute atomic E-state index is 13.4. The van der Waals surface area contributed by atoms with E-state index in [4.69, 9.17) is 11.6 Å². The van der Waals surface area contributed by atoms with Gasteiger partial charge in [-0.25, -0.2) is 8.78 Å². The van der Waals surface area contributed by atoms with Crippen LogP contribution in [0.5, 0.6) is 0 Å². The van der Waals surface area contributed by atoms with Gasteiger partial charge in [0.1, 0.15) is 11.6 Å². The number of amides is 1. The zero-order chi connectivity index (χ0) is 13.0. The number of likely N-dealkylation sites (N-methyl/N-ethyl adjacent to an activating group) is 1. The van der Waals surface area contributed by atoms with Crippen LogP contribution in [0.3, 0.4) is 0 Å². The van der Waals surface area contributed by atoms with E-state index in [0.29, 0.717) is 6.54 Å². The first kappa shape index (κ1) is 17.1. The fourth-order valence-corrected chi connectivity index (χ4v) is 1.29. The van der Waals surface area contributed by atoms with Crippen molar-refractivity contribution in [3.8, 4) is 0 Å². The number of rotatable bonds is 4. The van der Waals surface area contributed by atoms with Crippen LogP contribution in [-0.2, 0) is 0 Å². The van der Waals surface area contributed by atoms with Gasteiger partial charge in [0.2, 0.25) is 0 Å². The van der Waals surface area contributed by atoms with Crippen LogP contribution in [-0.4, -0.2) is 25.5 Å². The summed E-state index contributed by atoms with van der Waals surface area (Å²) in [4.78, 5) is 11.6. The Labute approximate surface area is 115 Å². The molecule has 0 bridgehead atoms.